The lowest BCUT2D eigenvalue weighted by Crippen LogP contribution is -2.31. The van der Waals surface area contributed by atoms with Gasteiger partial charge in [0.05, 0.1) is 0 Å². The zero-order chi connectivity index (χ0) is 11.9. The maximum absolute atomic E-state index is 12.7. The first-order chi connectivity index (χ1) is 7.38. The second-order valence-electron chi connectivity index (χ2n) is 3.06. The van der Waals surface area contributed by atoms with Gasteiger partial charge in [-0.05, 0) is 19.1 Å². The van der Waals surface area contributed by atoms with Crippen molar-refractivity contribution in [2.75, 3.05) is 5.43 Å². The van der Waals surface area contributed by atoms with Crippen LogP contribution in [0.1, 0.15) is 12.6 Å². The molecule has 9 heteroatoms. The van der Waals surface area contributed by atoms with Crippen molar-refractivity contribution in [1.82, 2.24) is 15.4 Å². The number of nitrogens with one attached hydrogen (secondary N) is 3. The van der Waals surface area contributed by atoms with Gasteiger partial charge in [0, 0.05) is 0 Å². The molecule has 3 N–H and O–H groups in total. The number of nitrogens with zero attached hydrogens (tertiary/aromatic N) is 2. The standard InChI is InChI=1S/C7H6F3N5S/c1-2-11-3-4(7(8,9)10)12-6(16)13-5(3)15-14-2/h1H3,(H,11,14)(H2,12,13,15,16). The number of halogens is 3. The average molecular weight is 249 g/mol. The van der Waals surface area contributed by atoms with Crippen LogP contribution in [0.2, 0.25) is 0 Å². The van der Waals surface area contributed by atoms with Crippen molar-refractivity contribution >= 4 is 29.6 Å². The molecule has 0 fully saturated rings. The van der Waals surface area contributed by atoms with Gasteiger partial charge in [-0.1, -0.05) is 0 Å². The molecule has 16 heavy (non-hydrogen) atoms. The maximum atomic E-state index is 12.7. The number of amidine groups is 1. The van der Waals surface area contributed by atoms with Gasteiger partial charge in [-0.3, -0.25) is 10.9 Å². The van der Waals surface area contributed by atoms with E-state index >= 15 is 0 Å². The van der Waals surface area contributed by atoms with E-state index < -0.39 is 11.9 Å². The fraction of sp³-hybridized carbons (Fsp3) is 0.286. The van der Waals surface area contributed by atoms with Gasteiger partial charge in [-0.25, -0.2) is 4.99 Å². The Kier molecular flexibility index (Phi) is 2.34. The van der Waals surface area contributed by atoms with Crippen molar-refractivity contribution < 1.29 is 13.2 Å². The van der Waals surface area contributed by atoms with E-state index in [4.69, 9.17) is 0 Å². The molecule has 2 heterocycles. The number of hydrogen-bond acceptors (Lipinski definition) is 5. The fourth-order valence-electron chi connectivity index (χ4n) is 1.21. The molecule has 0 aromatic carbocycles. The van der Waals surface area contributed by atoms with Gasteiger partial charge in [0.2, 0.25) is 0 Å². The Bertz CT molecular complexity index is 518. The molecule has 0 aliphatic carbocycles. The Hall–Kier alpha value is -1.64. The van der Waals surface area contributed by atoms with Crippen LogP contribution in [0.25, 0.3) is 0 Å². The van der Waals surface area contributed by atoms with Crippen molar-refractivity contribution in [3.63, 3.8) is 0 Å². The van der Waals surface area contributed by atoms with Crippen molar-refractivity contribution in [3.05, 3.63) is 10.5 Å². The molecule has 2 rings (SSSR count). The number of alkyl halides is 3. The summed E-state index contributed by atoms with van der Waals surface area (Å²) in [4.78, 5) is 9.44. The second kappa shape index (κ2) is 3.44. The third-order valence-corrected chi connectivity index (χ3v) is 2.02. The van der Waals surface area contributed by atoms with Gasteiger partial charge < -0.3 is 4.98 Å². The lowest BCUT2D eigenvalue weighted by Gasteiger charge is -2.19. The van der Waals surface area contributed by atoms with Crippen LogP contribution in [0.15, 0.2) is 4.99 Å². The number of hydrazine groups is 1. The molecule has 0 bridgehead atoms. The number of aromatic nitrogens is 2. The van der Waals surface area contributed by atoms with E-state index in [1.165, 1.54) is 6.92 Å². The highest BCUT2D eigenvalue weighted by atomic mass is 32.1. The Morgan fingerprint density at radius 3 is 2.56 bits per heavy atom. The molecule has 1 aliphatic rings. The molecule has 0 spiro atoms. The third-order valence-electron chi connectivity index (χ3n) is 1.83. The maximum Gasteiger partial charge on any atom is 0.433 e. The summed E-state index contributed by atoms with van der Waals surface area (Å²) < 4.78 is 37.7. The van der Waals surface area contributed by atoms with Crippen LogP contribution in [-0.2, 0) is 6.18 Å². The summed E-state index contributed by atoms with van der Waals surface area (Å²) in [6.07, 6.45) is -4.55. The number of aliphatic imine (C=N–C) groups is 1. The van der Waals surface area contributed by atoms with Crippen LogP contribution in [0.4, 0.5) is 24.7 Å². The quantitative estimate of drug-likeness (QED) is 0.616. The molecule has 5 nitrogen and oxygen atoms in total. The van der Waals surface area contributed by atoms with E-state index in [2.05, 4.69) is 33.0 Å². The average Bonchev–Trinajstić information content (AvgIpc) is 2.16. The van der Waals surface area contributed by atoms with Crippen LogP contribution in [0.5, 0.6) is 0 Å². The predicted molar refractivity (Wildman–Crippen MR) is 54.0 cm³/mol. The van der Waals surface area contributed by atoms with Crippen molar-refractivity contribution in [2.45, 2.75) is 13.1 Å². The number of anilines is 1. The van der Waals surface area contributed by atoms with Gasteiger partial charge in [-0.15, -0.1) is 0 Å². The molecular weight excluding hydrogens is 243 g/mol. The number of rotatable bonds is 0. The van der Waals surface area contributed by atoms with E-state index in [-0.39, 0.29) is 16.3 Å². The predicted octanol–water partition coefficient (Wildman–Crippen LogP) is 2.14. The first kappa shape index (κ1) is 10.9. The third kappa shape index (κ3) is 1.85. The van der Waals surface area contributed by atoms with Crippen LogP contribution in [-0.4, -0.2) is 15.8 Å². The molecule has 1 aromatic heterocycles. The lowest BCUT2D eigenvalue weighted by molar-refractivity contribution is -0.140. The summed E-state index contributed by atoms with van der Waals surface area (Å²) in [5, 5.41) is 0. The SMILES string of the molecule is CC1=Nc2c(nc(=S)[nH]c2C(F)(F)F)NN1. The number of H-pyrrole nitrogens is 1. The topological polar surface area (TPSA) is 65.1 Å². The van der Waals surface area contributed by atoms with Gasteiger partial charge in [0.15, 0.2) is 16.3 Å². The molecule has 0 saturated heterocycles. The van der Waals surface area contributed by atoms with Crippen molar-refractivity contribution in [3.8, 4) is 0 Å². The van der Waals surface area contributed by atoms with Crippen LogP contribution >= 0.6 is 12.2 Å². The van der Waals surface area contributed by atoms with Gasteiger partial charge in [0.25, 0.3) is 0 Å². The summed E-state index contributed by atoms with van der Waals surface area (Å²) >= 11 is 4.60. The lowest BCUT2D eigenvalue weighted by atomic mass is 10.3. The van der Waals surface area contributed by atoms with Crippen molar-refractivity contribution in [2.24, 2.45) is 4.99 Å². The highest BCUT2D eigenvalue weighted by molar-refractivity contribution is 7.71. The highest BCUT2D eigenvalue weighted by Gasteiger charge is 2.37. The minimum atomic E-state index is -4.55. The molecule has 1 aliphatic heterocycles. The minimum absolute atomic E-state index is 0.0401. The monoisotopic (exact) mass is 249 g/mol. The molecule has 0 amide bonds. The van der Waals surface area contributed by atoms with Gasteiger partial charge >= 0.3 is 6.18 Å². The first-order valence-corrected chi connectivity index (χ1v) is 4.57. The minimum Gasteiger partial charge on any atom is -0.325 e. The Morgan fingerprint density at radius 2 is 1.94 bits per heavy atom. The summed E-state index contributed by atoms with van der Waals surface area (Å²) in [5.74, 6) is 0.270. The Balaban J connectivity index is 2.72. The number of aromatic amines is 1. The highest BCUT2D eigenvalue weighted by Crippen LogP contribution is 2.38. The summed E-state index contributed by atoms with van der Waals surface area (Å²) in [6, 6.07) is 0. The molecule has 0 atom stereocenters. The number of hydrogen-bond donors (Lipinski definition) is 3. The normalized spacial score (nSPS) is 14.6. The summed E-state index contributed by atoms with van der Waals surface area (Å²) in [7, 11) is 0. The van der Waals surface area contributed by atoms with E-state index in [0.717, 1.165) is 0 Å². The molecule has 0 saturated carbocycles. The van der Waals surface area contributed by atoms with Crippen LogP contribution < -0.4 is 10.9 Å². The van der Waals surface area contributed by atoms with Gasteiger partial charge in [-0.2, -0.15) is 18.2 Å². The summed E-state index contributed by atoms with van der Waals surface area (Å²) in [5.41, 5.74) is 3.74. The zero-order valence-electron chi connectivity index (χ0n) is 7.94. The first-order valence-electron chi connectivity index (χ1n) is 4.17. The van der Waals surface area contributed by atoms with Crippen LogP contribution in [0.3, 0.4) is 0 Å². The number of fused-ring (bicyclic) bond motifs is 1. The van der Waals surface area contributed by atoms with Crippen LogP contribution in [0, 0.1) is 4.77 Å². The smallest absolute Gasteiger partial charge is 0.325 e. The molecule has 86 valence electrons. The molecule has 1 aromatic rings. The second-order valence-corrected chi connectivity index (χ2v) is 3.45. The van der Waals surface area contributed by atoms with E-state index in [1.807, 2.05) is 4.98 Å². The molecular formula is C7H6F3N5S. The molecule has 0 radical (unpaired) electrons. The van der Waals surface area contributed by atoms with E-state index in [1.54, 1.807) is 0 Å². The Morgan fingerprint density at radius 1 is 1.25 bits per heavy atom. The fourth-order valence-corrected chi connectivity index (χ4v) is 1.41. The summed E-state index contributed by atoms with van der Waals surface area (Å²) in [6.45, 7) is 1.53. The van der Waals surface area contributed by atoms with Crippen molar-refractivity contribution in [1.29, 1.82) is 0 Å². The van der Waals surface area contributed by atoms with E-state index in [9.17, 15) is 13.2 Å². The largest absolute Gasteiger partial charge is 0.433 e. The Labute approximate surface area is 92.8 Å². The van der Waals surface area contributed by atoms with E-state index in [0.29, 0.717) is 5.84 Å². The van der Waals surface area contributed by atoms with Gasteiger partial charge in [0.1, 0.15) is 11.5 Å². The zero-order valence-corrected chi connectivity index (χ0v) is 8.75. The molecule has 0 unspecified atom stereocenters.